The molecular weight excluding hydrogens is 315 g/mol. The lowest BCUT2D eigenvalue weighted by molar-refractivity contribution is -0.116. The number of rotatable bonds is 5. The maximum atomic E-state index is 12.8. The number of nitrogens with one attached hydrogen (secondary N) is 1. The largest absolute Gasteiger partial charge is 0.493 e. The van der Waals surface area contributed by atoms with Crippen LogP contribution in [0, 0.1) is 5.82 Å². The first-order chi connectivity index (χ1) is 11.2. The van der Waals surface area contributed by atoms with Crippen LogP contribution in [0.5, 0.6) is 5.75 Å². The fourth-order valence-corrected chi connectivity index (χ4v) is 3.62. The Morgan fingerprint density at radius 1 is 1.22 bits per heavy atom. The highest BCUT2D eigenvalue weighted by Crippen LogP contribution is 2.28. The van der Waals surface area contributed by atoms with Crippen molar-refractivity contribution in [1.82, 2.24) is 4.98 Å². The van der Waals surface area contributed by atoms with Crippen molar-refractivity contribution < 1.29 is 13.9 Å². The summed E-state index contributed by atoms with van der Waals surface area (Å²) in [5, 5.41) is 3.53. The number of halogens is 1. The number of aromatic nitrogens is 1. The lowest BCUT2D eigenvalue weighted by Gasteiger charge is -2.05. The van der Waals surface area contributed by atoms with Gasteiger partial charge in [0.15, 0.2) is 5.13 Å². The van der Waals surface area contributed by atoms with E-state index in [-0.39, 0.29) is 24.8 Å². The molecule has 1 aliphatic rings. The van der Waals surface area contributed by atoms with Crippen LogP contribution in [0.4, 0.5) is 9.52 Å². The number of carbonyl (C=O) groups excluding carboxylic acids is 1. The summed E-state index contributed by atoms with van der Waals surface area (Å²) in [6, 6.07) is 5.76. The minimum Gasteiger partial charge on any atom is -0.493 e. The highest BCUT2D eigenvalue weighted by molar-refractivity contribution is 7.15. The SMILES string of the molecule is O=C(CCOc1ccc(F)cc1)Nc1nc2c(s1)CCCCC2. The standard InChI is InChI=1S/C17H19FN2O2S/c18-12-6-8-13(9-7-12)22-11-10-16(21)20-17-19-14-4-2-1-3-5-15(14)23-17/h6-9H,1-5,10-11H2,(H,19,20,21). The second-order valence-electron chi connectivity index (χ2n) is 5.55. The number of anilines is 1. The third-order valence-corrected chi connectivity index (χ3v) is 4.83. The van der Waals surface area contributed by atoms with Crippen LogP contribution >= 0.6 is 11.3 Å². The number of hydrogen-bond acceptors (Lipinski definition) is 4. The molecule has 0 bridgehead atoms. The van der Waals surface area contributed by atoms with Crippen molar-refractivity contribution in [3.63, 3.8) is 0 Å². The van der Waals surface area contributed by atoms with Crippen LogP contribution in [0.3, 0.4) is 0 Å². The molecule has 1 heterocycles. The molecule has 0 unspecified atom stereocenters. The maximum Gasteiger partial charge on any atom is 0.229 e. The second-order valence-corrected chi connectivity index (χ2v) is 6.63. The molecule has 2 aromatic rings. The molecule has 1 amide bonds. The minimum absolute atomic E-state index is 0.115. The van der Waals surface area contributed by atoms with Crippen LogP contribution in [0.1, 0.15) is 36.3 Å². The highest BCUT2D eigenvalue weighted by atomic mass is 32.1. The number of nitrogens with zero attached hydrogens (tertiary/aromatic N) is 1. The number of thiazole rings is 1. The number of aryl methyl sites for hydroxylation is 2. The molecule has 1 aromatic carbocycles. The van der Waals surface area contributed by atoms with E-state index in [4.69, 9.17) is 4.74 Å². The van der Waals surface area contributed by atoms with Gasteiger partial charge in [0.1, 0.15) is 11.6 Å². The summed E-state index contributed by atoms with van der Waals surface area (Å²) in [5.74, 6) is 0.134. The molecule has 6 heteroatoms. The van der Waals surface area contributed by atoms with Crippen LogP contribution in [0.2, 0.25) is 0 Å². The number of carbonyl (C=O) groups is 1. The van der Waals surface area contributed by atoms with Gasteiger partial charge in [0.25, 0.3) is 0 Å². The summed E-state index contributed by atoms with van der Waals surface area (Å²) >= 11 is 1.58. The highest BCUT2D eigenvalue weighted by Gasteiger charge is 2.15. The lowest BCUT2D eigenvalue weighted by Crippen LogP contribution is -2.15. The molecule has 0 saturated heterocycles. The molecule has 0 aliphatic heterocycles. The van der Waals surface area contributed by atoms with E-state index in [1.54, 1.807) is 23.5 Å². The fourth-order valence-electron chi connectivity index (χ4n) is 2.56. The molecule has 4 nitrogen and oxygen atoms in total. The van der Waals surface area contributed by atoms with E-state index >= 15 is 0 Å². The van der Waals surface area contributed by atoms with E-state index in [0.29, 0.717) is 10.9 Å². The van der Waals surface area contributed by atoms with E-state index in [1.165, 1.54) is 36.3 Å². The topological polar surface area (TPSA) is 51.2 Å². The van der Waals surface area contributed by atoms with Gasteiger partial charge < -0.3 is 10.1 Å². The van der Waals surface area contributed by atoms with Crippen LogP contribution in [0.25, 0.3) is 0 Å². The maximum absolute atomic E-state index is 12.8. The normalized spacial score (nSPS) is 14.0. The van der Waals surface area contributed by atoms with Gasteiger partial charge in [-0.25, -0.2) is 9.37 Å². The summed E-state index contributed by atoms with van der Waals surface area (Å²) in [4.78, 5) is 17.8. The number of ether oxygens (including phenoxy) is 1. The van der Waals surface area contributed by atoms with E-state index in [1.807, 2.05) is 0 Å². The van der Waals surface area contributed by atoms with Gasteiger partial charge in [-0.2, -0.15) is 0 Å². The first-order valence-corrected chi connectivity index (χ1v) is 8.69. The quantitative estimate of drug-likeness (QED) is 0.842. The summed E-state index contributed by atoms with van der Waals surface area (Å²) in [6.07, 6.45) is 5.95. The van der Waals surface area contributed by atoms with Gasteiger partial charge in [-0.15, -0.1) is 11.3 Å². The van der Waals surface area contributed by atoms with Gasteiger partial charge in [-0.05, 0) is 49.9 Å². The van der Waals surface area contributed by atoms with Gasteiger partial charge >= 0.3 is 0 Å². The van der Waals surface area contributed by atoms with E-state index in [2.05, 4.69) is 10.3 Å². The van der Waals surface area contributed by atoms with Crippen molar-refractivity contribution in [1.29, 1.82) is 0 Å². The Balaban J connectivity index is 1.47. The third-order valence-electron chi connectivity index (χ3n) is 3.75. The van der Waals surface area contributed by atoms with Crippen molar-refractivity contribution in [2.75, 3.05) is 11.9 Å². The average molecular weight is 334 g/mol. The van der Waals surface area contributed by atoms with Crippen LogP contribution < -0.4 is 10.1 Å². The molecular formula is C17H19FN2O2S. The zero-order chi connectivity index (χ0) is 16.1. The van der Waals surface area contributed by atoms with E-state index in [9.17, 15) is 9.18 Å². The van der Waals surface area contributed by atoms with Crippen molar-refractivity contribution in [2.24, 2.45) is 0 Å². The Morgan fingerprint density at radius 3 is 2.83 bits per heavy atom. The van der Waals surface area contributed by atoms with Gasteiger partial charge in [0.2, 0.25) is 5.91 Å². The predicted octanol–water partition coefficient (Wildman–Crippen LogP) is 3.96. The second kappa shape index (κ2) is 7.55. The van der Waals surface area contributed by atoms with E-state index < -0.39 is 0 Å². The number of fused-ring (bicyclic) bond motifs is 1. The van der Waals surface area contributed by atoms with Crippen molar-refractivity contribution >= 4 is 22.4 Å². The molecule has 1 N–H and O–H groups in total. The molecule has 0 atom stereocenters. The smallest absolute Gasteiger partial charge is 0.229 e. The van der Waals surface area contributed by atoms with Crippen LogP contribution in [-0.4, -0.2) is 17.5 Å². The lowest BCUT2D eigenvalue weighted by atomic mass is 10.2. The Kier molecular flexibility index (Phi) is 5.23. The average Bonchev–Trinajstić information content (AvgIpc) is 2.77. The summed E-state index contributed by atoms with van der Waals surface area (Å²) in [6.45, 7) is 0.253. The molecule has 0 saturated carbocycles. The zero-order valence-electron chi connectivity index (χ0n) is 12.8. The molecule has 23 heavy (non-hydrogen) atoms. The van der Waals surface area contributed by atoms with Gasteiger partial charge in [-0.1, -0.05) is 6.42 Å². The Bertz CT molecular complexity index is 646. The predicted molar refractivity (Wildman–Crippen MR) is 88.5 cm³/mol. The number of hydrogen-bond donors (Lipinski definition) is 1. The van der Waals surface area contributed by atoms with Crippen molar-refractivity contribution in [3.05, 3.63) is 40.7 Å². The van der Waals surface area contributed by atoms with E-state index in [0.717, 1.165) is 18.5 Å². The molecule has 0 radical (unpaired) electrons. The minimum atomic E-state index is -0.307. The first-order valence-electron chi connectivity index (χ1n) is 7.87. The monoisotopic (exact) mass is 334 g/mol. The first kappa shape index (κ1) is 15.9. The Morgan fingerprint density at radius 2 is 2.00 bits per heavy atom. The van der Waals surface area contributed by atoms with Crippen LogP contribution in [-0.2, 0) is 17.6 Å². The van der Waals surface area contributed by atoms with Gasteiger partial charge in [0, 0.05) is 4.88 Å². The summed E-state index contributed by atoms with van der Waals surface area (Å²) < 4.78 is 18.2. The zero-order valence-corrected chi connectivity index (χ0v) is 13.6. The van der Waals surface area contributed by atoms with Gasteiger partial charge in [0.05, 0.1) is 18.7 Å². The number of benzene rings is 1. The molecule has 122 valence electrons. The summed E-state index contributed by atoms with van der Waals surface area (Å²) in [7, 11) is 0. The molecule has 0 spiro atoms. The molecule has 3 rings (SSSR count). The Labute approximate surface area is 138 Å². The molecule has 0 fully saturated rings. The van der Waals surface area contributed by atoms with Gasteiger partial charge in [-0.3, -0.25) is 4.79 Å². The van der Waals surface area contributed by atoms with Crippen molar-refractivity contribution in [3.8, 4) is 5.75 Å². The number of amides is 1. The molecule has 1 aromatic heterocycles. The fraction of sp³-hybridized carbons (Fsp3) is 0.412. The third kappa shape index (κ3) is 4.51. The van der Waals surface area contributed by atoms with Crippen LogP contribution in [0.15, 0.2) is 24.3 Å². The van der Waals surface area contributed by atoms with Crippen molar-refractivity contribution in [2.45, 2.75) is 38.5 Å². The summed E-state index contributed by atoms with van der Waals surface area (Å²) in [5.41, 5.74) is 1.14. The Hall–Kier alpha value is -1.95. The molecule has 1 aliphatic carbocycles.